The highest BCUT2D eigenvalue weighted by Crippen LogP contribution is 2.29. The van der Waals surface area contributed by atoms with E-state index in [1.807, 2.05) is 0 Å². The molecule has 1 amide bonds. The van der Waals surface area contributed by atoms with Gasteiger partial charge in [-0.15, -0.1) is 0 Å². The second-order valence-electron chi connectivity index (χ2n) is 3.60. The van der Waals surface area contributed by atoms with Crippen molar-refractivity contribution in [1.82, 2.24) is 5.32 Å². The Labute approximate surface area is 119 Å². The topological polar surface area (TPSA) is 55.1 Å². The molecule has 108 valence electrons. The molecule has 20 heavy (non-hydrogen) atoms. The smallest absolute Gasteiger partial charge is 0.351 e. The van der Waals surface area contributed by atoms with E-state index >= 15 is 0 Å². The predicted molar refractivity (Wildman–Crippen MR) is 73.2 cm³/mol. The summed E-state index contributed by atoms with van der Waals surface area (Å²) in [6.07, 6.45) is 0. The van der Waals surface area contributed by atoms with Crippen LogP contribution in [0.25, 0.3) is 0 Å². The molecule has 0 atom stereocenters. The number of alkyl halides is 3. The van der Waals surface area contributed by atoms with Crippen LogP contribution in [0, 0.1) is 11.8 Å². The summed E-state index contributed by atoms with van der Waals surface area (Å²) in [5.74, 6) is 4.70. The van der Waals surface area contributed by atoms with Gasteiger partial charge in [-0.05, 0) is 23.9 Å². The van der Waals surface area contributed by atoms with Crippen LogP contribution in [0.2, 0.25) is 0 Å². The fourth-order valence-electron chi connectivity index (χ4n) is 1.36. The van der Waals surface area contributed by atoms with Gasteiger partial charge in [0.2, 0.25) is 0 Å². The van der Waals surface area contributed by atoms with Gasteiger partial charge in [0, 0.05) is 17.9 Å². The Kier molecular flexibility index (Phi) is 6.42. The van der Waals surface area contributed by atoms with Gasteiger partial charge in [0.25, 0.3) is 5.91 Å². The van der Waals surface area contributed by atoms with Gasteiger partial charge in [0.15, 0.2) is 0 Å². The molecule has 0 heterocycles. The molecule has 0 saturated heterocycles. The Bertz CT molecular complexity index is 520. The molecule has 0 unspecified atom stereocenters. The number of carbonyl (C=O) groups excluding carboxylic acids is 1. The monoisotopic (exact) mass is 302 g/mol. The number of nitrogens with two attached hydrogens (primary N) is 1. The maximum atomic E-state index is 11.9. The van der Waals surface area contributed by atoms with E-state index in [4.69, 9.17) is 5.73 Å². The van der Waals surface area contributed by atoms with E-state index in [9.17, 15) is 18.0 Å². The van der Waals surface area contributed by atoms with Crippen molar-refractivity contribution in [1.29, 1.82) is 0 Å². The summed E-state index contributed by atoms with van der Waals surface area (Å²) >= 11 is -0.170. The Hall–Kier alpha value is -1.65. The molecule has 0 aromatic heterocycles. The Balaban J connectivity index is 2.60. The highest BCUT2D eigenvalue weighted by Gasteiger charge is 2.27. The van der Waals surface area contributed by atoms with E-state index in [0.29, 0.717) is 11.1 Å². The second-order valence-corrected chi connectivity index (χ2v) is 4.76. The summed E-state index contributed by atoms with van der Waals surface area (Å²) in [6, 6.07) is 6.60. The minimum Gasteiger partial charge on any atom is -0.351 e. The number of halogens is 3. The number of hydrogen-bond donors (Lipinski definition) is 2. The standard InChI is InChI=1S/C13H13F3N2OS/c14-13(15,16)20-9-8-18-12(19)11-6-2-1-4-10(11)5-3-7-17/h1-2,4,6H,7-9,17H2,(H,18,19). The summed E-state index contributed by atoms with van der Waals surface area (Å²) < 4.78 is 35.8. The molecule has 1 aromatic carbocycles. The molecule has 0 saturated carbocycles. The van der Waals surface area contributed by atoms with Crippen LogP contribution in [0.4, 0.5) is 13.2 Å². The van der Waals surface area contributed by atoms with Crippen molar-refractivity contribution in [2.45, 2.75) is 5.51 Å². The van der Waals surface area contributed by atoms with Crippen LogP contribution in [0.3, 0.4) is 0 Å². The maximum Gasteiger partial charge on any atom is 0.441 e. The third-order valence-corrected chi connectivity index (χ3v) is 2.89. The maximum absolute atomic E-state index is 11.9. The molecule has 1 aromatic rings. The van der Waals surface area contributed by atoms with Crippen LogP contribution in [-0.4, -0.2) is 30.3 Å². The van der Waals surface area contributed by atoms with Crippen LogP contribution in [0.15, 0.2) is 24.3 Å². The van der Waals surface area contributed by atoms with Gasteiger partial charge in [-0.2, -0.15) is 13.2 Å². The van der Waals surface area contributed by atoms with Crippen LogP contribution >= 0.6 is 11.8 Å². The molecule has 0 fully saturated rings. The highest BCUT2D eigenvalue weighted by atomic mass is 32.2. The number of hydrogen-bond acceptors (Lipinski definition) is 3. The number of benzene rings is 1. The lowest BCUT2D eigenvalue weighted by atomic mass is 10.1. The molecular formula is C13H13F3N2OS. The summed E-state index contributed by atoms with van der Waals surface area (Å²) in [5.41, 5.74) is 1.80. The molecule has 7 heteroatoms. The average Bonchev–Trinajstić information content (AvgIpc) is 2.40. The number of rotatable bonds is 4. The number of nitrogens with one attached hydrogen (secondary N) is 1. The third-order valence-electron chi connectivity index (χ3n) is 2.15. The first kappa shape index (κ1) is 16.4. The van der Waals surface area contributed by atoms with Crippen LogP contribution in [0.5, 0.6) is 0 Å². The Morgan fingerprint density at radius 2 is 2.05 bits per heavy atom. The summed E-state index contributed by atoms with van der Waals surface area (Å²) in [7, 11) is 0. The lowest BCUT2D eigenvalue weighted by molar-refractivity contribution is -0.0327. The first-order chi connectivity index (χ1) is 9.44. The fourth-order valence-corrected chi connectivity index (χ4v) is 1.80. The molecule has 0 bridgehead atoms. The van der Waals surface area contributed by atoms with Crippen molar-refractivity contribution in [2.75, 3.05) is 18.8 Å². The Morgan fingerprint density at radius 1 is 1.35 bits per heavy atom. The Morgan fingerprint density at radius 3 is 2.70 bits per heavy atom. The summed E-state index contributed by atoms with van der Waals surface area (Å²) in [4.78, 5) is 11.9. The van der Waals surface area contributed by atoms with Crippen molar-refractivity contribution in [3.8, 4) is 11.8 Å². The van der Waals surface area contributed by atoms with Crippen molar-refractivity contribution in [3.05, 3.63) is 35.4 Å². The highest BCUT2D eigenvalue weighted by molar-refractivity contribution is 8.00. The van der Waals surface area contributed by atoms with Crippen molar-refractivity contribution < 1.29 is 18.0 Å². The lowest BCUT2D eigenvalue weighted by Gasteiger charge is -2.08. The van der Waals surface area contributed by atoms with E-state index in [1.165, 1.54) is 0 Å². The normalized spacial score (nSPS) is 10.6. The van der Waals surface area contributed by atoms with Crippen molar-refractivity contribution in [2.24, 2.45) is 5.73 Å². The lowest BCUT2D eigenvalue weighted by Crippen LogP contribution is -2.27. The number of thioether (sulfide) groups is 1. The molecule has 0 aliphatic rings. The molecule has 0 radical (unpaired) electrons. The van der Waals surface area contributed by atoms with Crippen LogP contribution in [-0.2, 0) is 0 Å². The van der Waals surface area contributed by atoms with E-state index in [1.54, 1.807) is 24.3 Å². The van der Waals surface area contributed by atoms with Gasteiger partial charge in [0.1, 0.15) is 0 Å². The van der Waals surface area contributed by atoms with Gasteiger partial charge >= 0.3 is 5.51 Å². The van der Waals surface area contributed by atoms with Crippen molar-refractivity contribution >= 4 is 17.7 Å². The molecule has 3 nitrogen and oxygen atoms in total. The molecule has 0 aliphatic heterocycles. The largest absolute Gasteiger partial charge is 0.441 e. The van der Waals surface area contributed by atoms with Gasteiger partial charge < -0.3 is 11.1 Å². The van der Waals surface area contributed by atoms with Crippen LogP contribution in [0.1, 0.15) is 15.9 Å². The zero-order chi connectivity index (χ0) is 15.0. The molecule has 0 aliphatic carbocycles. The number of amides is 1. The third kappa shape index (κ3) is 5.99. The first-order valence-electron chi connectivity index (χ1n) is 5.71. The zero-order valence-electron chi connectivity index (χ0n) is 10.5. The fraction of sp³-hybridized carbons (Fsp3) is 0.308. The average molecular weight is 302 g/mol. The van der Waals surface area contributed by atoms with Gasteiger partial charge in [-0.3, -0.25) is 4.79 Å². The number of carbonyl (C=O) groups is 1. The summed E-state index contributed by atoms with van der Waals surface area (Å²) in [5, 5.41) is 2.43. The van der Waals surface area contributed by atoms with Gasteiger partial charge in [-0.25, -0.2) is 0 Å². The molecule has 1 rings (SSSR count). The van der Waals surface area contributed by atoms with Gasteiger partial charge in [0.05, 0.1) is 12.1 Å². The van der Waals surface area contributed by atoms with E-state index < -0.39 is 11.4 Å². The quantitative estimate of drug-likeness (QED) is 0.660. The van der Waals surface area contributed by atoms with Crippen LogP contribution < -0.4 is 11.1 Å². The molecular weight excluding hydrogens is 289 g/mol. The zero-order valence-corrected chi connectivity index (χ0v) is 11.3. The SMILES string of the molecule is NCC#Cc1ccccc1C(=O)NCCSC(F)(F)F. The predicted octanol–water partition coefficient (Wildman–Crippen LogP) is 1.98. The summed E-state index contributed by atoms with van der Waals surface area (Å²) in [6.45, 7) is 0.0971. The van der Waals surface area contributed by atoms with E-state index in [0.717, 1.165) is 0 Å². The first-order valence-corrected chi connectivity index (χ1v) is 6.69. The van der Waals surface area contributed by atoms with Gasteiger partial charge in [-0.1, -0.05) is 24.0 Å². The minimum atomic E-state index is -4.28. The minimum absolute atomic E-state index is 0.0678. The molecule has 3 N–H and O–H groups in total. The molecule has 0 spiro atoms. The second kappa shape index (κ2) is 7.82. The van der Waals surface area contributed by atoms with E-state index in [2.05, 4.69) is 17.2 Å². The van der Waals surface area contributed by atoms with E-state index in [-0.39, 0.29) is 30.6 Å². The van der Waals surface area contributed by atoms with Crippen molar-refractivity contribution in [3.63, 3.8) is 0 Å².